The van der Waals surface area contributed by atoms with E-state index in [2.05, 4.69) is 36.4 Å². The second-order valence-corrected chi connectivity index (χ2v) is 8.71. The normalized spacial score (nSPS) is 21.0. The minimum Gasteiger partial charge on any atom is -0.267 e. The van der Waals surface area contributed by atoms with Crippen LogP contribution in [0, 0.1) is 11.3 Å². The molecule has 1 fully saturated rings. The summed E-state index contributed by atoms with van der Waals surface area (Å²) in [6, 6.07) is 6.94. The number of fused-ring (bicyclic) bond motifs is 1. The van der Waals surface area contributed by atoms with Crippen molar-refractivity contribution in [3.8, 4) is 0 Å². The van der Waals surface area contributed by atoms with E-state index in [1.165, 1.54) is 4.68 Å². The van der Waals surface area contributed by atoms with Crippen molar-refractivity contribution in [3.63, 3.8) is 0 Å². The molecular weight excluding hydrogens is 340 g/mol. The summed E-state index contributed by atoms with van der Waals surface area (Å²) in [6.07, 6.45) is 2.92. The number of hydrazone groups is 1. The van der Waals surface area contributed by atoms with Gasteiger partial charge in [-0.25, -0.2) is 10.1 Å². The van der Waals surface area contributed by atoms with Gasteiger partial charge in [0.15, 0.2) is 5.69 Å². The fraction of sp³-hybridized carbons (Fsp3) is 0.524. The van der Waals surface area contributed by atoms with Gasteiger partial charge in [-0.15, -0.1) is 0 Å². The van der Waals surface area contributed by atoms with Gasteiger partial charge in [0.2, 0.25) is 0 Å². The Bertz CT molecular complexity index is 956. The maximum Gasteiger partial charge on any atom is 0.292 e. The van der Waals surface area contributed by atoms with Gasteiger partial charge in [-0.05, 0) is 50.5 Å². The molecule has 0 radical (unpaired) electrons. The minimum atomic E-state index is -0.385. The molecule has 0 bridgehead atoms. The molecule has 0 aliphatic heterocycles. The van der Waals surface area contributed by atoms with Crippen molar-refractivity contribution < 1.29 is 4.79 Å². The highest BCUT2D eigenvalue weighted by Crippen LogP contribution is 2.36. The van der Waals surface area contributed by atoms with Crippen LogP contribution >= 0.6 is 0 Å². The molecule has 0 spiro atoms. The zero-order chi connectivity index (χ0) is 19.8. The van der Waals surface area contributed by atoms with E-state index >= 15 is 0 Å². The Hall–Kier alpha value is -2.50. The lowest BCUT2D eigenvalue weighted by Gasteiger charge is -2.34. The molecular formula is C21H28N4O2. The lowest BCUT2D eigenvalue weighted by molar-refractivity contribution is 0.0948. The number of rotatable bonds is 3. The predicted molar refractivity (Wildman–Crippen MR) is 108 cm³/mol. The smallest absolute Gasteiger partial charge is 0.267 e. The maximum absolute atomic E-state index is 12.8. The summed E-state index contributed by atoms with van der Waals surface area (Å²) in [7, 11) is 0. The number of nitrogens with zero attached hydrogens (tertiary/aromatic N) is 3. The van der Waals surface area contributed by atoms with E-state index in [-0.39, 0.29) is 28.6 Å². The summed E-state index contributed by atoms with van der Waals surface area (Å²) in [4.78, 5) is 25.4. The zero-order valence-electron chi connectivity index (χ0n) is 16.7. The van der Waals surface area contributed by atoms with Crippen molar-refractivity contribution in [1.82, 2.24) is 15.2 Å². The highest BCUT2D eigenvalue weighted by molar-refractivity contribution is 6.05. The summed E-state index contributed by atoms with van der Waals surface area (Å²) in [6.45, 7) is 10.4. The quantitative estimate of drug-likeness (QED) is 0.835. The van der Waals surface area contributed by atoms with Gasteiger partial charge >= 0.3 is 0 Å². The van der Waals surface area contributed by atoms with Crippen molar-refractivity contribution >= 4 is 22.4 Å². The van der Waals surface area contributed by atoms with E-state index in [9.17, 15) is 9.59 Å². The summed E-state index contributed by atoms with van der Waals surface area (Å²) >= 11 is 0. The number of nitrogens with one attached hydrogen (secondary N) is 1. The predicted octanol–water partition coefficient (Wildman–Crippen LogP) is 3.91. The molecule has 6 heteroatoms. The molecule has 3 rings (SSSR count). The Morgan fingerprint density at radius 3 is 2.59 bits per heavy atom. The monoisotopic (exact) mass is 368 g/mol. The molecule has 1 aromatic heterocycles. The molecule has 1 saturated carbocycles. The average molecular weight is 368 g/mol. The first-order valence-corrected chi connectivity index (χ1v) is 9.55. The van der Waals surface area contributed by atoms with Crippen LogP contribution in [0.5, 0.6) is 0 Å². The van der Waals surface area contributed by atoms with E-state index in [1.54, 1.807) is 24.3 Å². The zero-order valence-corrected chi connectivity index (χ0v) is 16.7. The molecule has 0 unspecified atom stereocenters. The Morgan fingerprint density at radius 1 is 1.30 bits per heavy atom. The van der Waals surface area contributed by atoms with E-state index in [4.69, 9.17) is 0 Å². The summed E-state index contributed by atoms with van der Waals surface area (Å²) in [5.41, 5.74) is 3.91. The van der Waals surface area contributed by atoms with Crippen molar-refractivity contribution in [1.29, 1.82) is 0 Å². The molecule has 0 saturated heterocycles. The first-order valence-electron chi connectivity index (χ1n) is 9.55. The van der Waals surface area contributed by atoms with E-state index in [0.717, 1.165) is 25.0 Å². The fourth-order valence-electron chi connectivity index (χ4n) is 4.11. The van der Waals surface area contributed by atoms with Gasteiger partial charge in [-0.3, -0.25) is 9.59 Å². The number of hydrogen-bond acceptors (Lipinski definition) is 4. The second-order valence-electron chi connectivity index (χ2n) is 8.71. The summed E-state index contributed by atoms with van der Waals surface area (Å²) < 4.78 is 1.36. The molecule has 6 nitrogen and oxygen atoms in total. The minimum absolute atomic E-state index is 0.139. The Labute approximate surface area is 159 Å². The number of amides is 1. The third-order valence-corrected chi connectivity index (χ3v) is 5.02. The van der Waals surface area contributed by atoms with Crippen molar-refractivity contribution in [2.45, 2.75) is 59.9 Å². The van der Waals surface area contributed by atoms with Crippen LogP contribution in [-0.2, 0) is 0 Å². The molecule has 1 aliphatic carbocycles. The number of carbonyl (C=O) groups excluding carboxylic acids is 1. The molecule has 27 heavy (non-hydrogen) atoms. The van der Waals surface area contributed by atoms with Crippen LogP contribution in [0.3, 0.4) is 0 Å². The Kier molecular flexibility index (Phi) is 5.18. The van der Waals surface area contributed by atoms with Crippen molar-refractivity contribution in [2.75, 3.05) is 0 Å². The molecule has 1 amide bonds. The Balaban J connectivity index is 1.95. The summed E-state index contributed by atoms with van der Waals surface area (Å²) in [5, 5.41) is 9.77. The number of aromatic nitrogens is 2. The number of benzene rings is 1. The van der Waals surface area contributed by atoms with Gasteiger partial charge in [0.05, 0.1) is 11.4 Å². The third kappa shape index (κ3) is 4.10. The van der Waals surface area contributed by atoms with E-state index in [1.807, 2.05) is 13.8 Å². The molecule has 1 heterocycles. The third-order valence-electron chi connectivity index (χ3n) is 5.02. The van der Waals surface area contributed by atoms with Crippen molar-refractivity contribution in [3.05, 3.63) is 40.3 Å². The van der Waals surface area contributed by atoms with Crippen LogP contribution in [0.1, 0.15) is 70.4 Å². The first kappa shape index (κ1) is 19.3. The van der Waals surface area contributed by atoms with Crippen LogP contribution in [0.4, 0.5) is 0 Å². The van der Waals surface area contributed by atoms with Crippen LogP contribution in [0.2, 0.25) is 0 Å². The highest BCUT2D eigenvalue weighted by Gasteiger charge is 2.29. The molecule has 1 aromatic carbocycles. The van der Waals surface area contributed by atoms with Gasteiger partial charge in [-0.2, -0.15) is 10.2 Å². The van der Waals surface area contributed by atoms with Gasteiger partial charge in [0.1, 0.15) is 0 Å². The van der Waals surface area contributed by atoms with E-state index in [0.29, 0.717) is 16.7 Å². The molecule has 2 aromatic rings. The van der Waals surface area contributed by atoms with Crippen LogP contribution in [0.25, 0.3) is 10.8 Å². The SMILES string of the molecule is CC(C)n1nc(C(=O)N/N=C2/C[C@H](C)CC(C)(C)C2)c2ccccc2c1=O. The van der Waals surface area contributed by atoms with Gasteiger partial charge in [0.25, 0.3) is 11.5 Å². The average Bonchev–Trinajstić information content (AvgIpc) is 2.58. The van der Waals surface area contributed by atoms with Gasteiger partial charge in [0, 0.05) is 11.1 Å². The lowest BCUT2D eigenvalue weighted by Crippen LogP contribution is -2.32. The van der Waals surface area contributed by atoms with Crippen LogP contribution in [-0.4, -0.2) is 21.4 Å². The van der Waals surface area contributed by atoms with Gasteiger partial charge in [-0.1, -0.05) is 39.0 Å². The fourth-order valence-corrected chi connectivity index (χ4v) is 4.11. The summed E-state index contributed by atoms with van der Waals surface area (Å²) in [5.74, 6) is 0.162. The number of hydrogen-bond donors (Lipinski definition) is 1. The highest BCUT2D eigenvalue weighted by atomic mass is 16.2. The largest absolute Gasteiger partial charge is 0.292 e. The van der Waals surface area contributed by atoms with Crippen LogP contribution < -0.4 is 11.0 Å². The molecule has 1 atom stereocenters. The molecule has 1 aliphatic rings. The van der Waals surface area contributed by atoms with Crippen LogP contribution in [0.15, 0.2) is 34.2 Å². The Morgan fingerprint density at radius 2 is 1.96 bits per heavy atom. The molecule has 1 N–H and O–H groups in total. The lowest BCUT2D eigenvalue weighted by atomic mass is 9.72. The van der Waals surface area contributed by atoms with Gasteiger partial charge < -0.3 is 0 Å². The molecule has 144 valence electrons. The first-order chi connectivity index (χ1) is 12.7. The second kappa shape index (κ2) is 7.25. The van der Waals surface area contributed by atoms with E-state index < -0.39 is 0 Å². The number of carbonyl (C=O) groups is 1. The standard InChI is InChI=1S/C21H28N4O2/c1-13(2)25-20(27)17-9-7-6-8-16(17)18(24-25)19(26)23-22-15-10-14(3)11-21(4,5)12-15/h6-9,13-14H,10-12H2,1-5H3,(H,23,26)/b22-15-/t14-/m0/s1. The topological polar surface area (TPSA) is 76.3 Å². The maximum atomic E-state index is 12.8. The van der Waals surface area contributed by atoms with Crippen molar-refractivity contribution in [2.24, 2.45) is 16.4 Å².